The van der Waals surface area contributed by atoms with Gasteiger partial charge in [0.1, 0.15) is 6.07 Å². The molecule has 60 valence electrons. The Kier molecular flexibility index (Phi) is 2.49. The molecule has 0 atom stereocenters. The minimum absolute atomic E-state index is 0.290. The molecule has 12 heavy (non-hydrogen) atoms. The highest BCUT2D eigenvalue weighted by atomic mass is 16.2. The summed E-state index contributed by atoms with van der Waals surface area (Å²) in [5.41, 5.74) is 2.11. The van der Waals surface area contributed by atoms with Crippen LogP contribution >= 0.6 is 0 Å². The molecule has 0 fully saturated rings. The monoisotopic (exact) mass is 159 g/mol. The van der Waals surface area contributed by atoms with Gasteiger partial charge in [0.2, 0.25) is 0 Å². The SMILES string of the molecule is Cc1cccc(/C(C#N)=C/O)c1. The lowest BCUT2D eigenvalue weighted by Crippen LogP contribution is -1.82. The van der Waals surface area contributed by atoms with Crippen LogP contribution in [0.15, 0.2) is 30.5 Å². The van der Waals surface area contributed by atoms with E-state index in [9.17, 15) is 0 Å². The van der Waals surface area contributed by atoms with Crippen LogP contribution in [-0.4, -0.2) is 5.11 Å². The molecular formula is C10H9NO. The summed E-state index contributed by atoms with van der Waals surface area (Å²) in [7, 11) is 0. The highest BCUT2D eigenvalue weighted by molar-refractivity contribution is 5.75. The Morgan fingerprint density at radius 3 is 2.83 bits per heavy atom. The molecular weight excluding hydrogens is 150 g/mol. The topological polar surface area (TPSA) is 44.0 Å². The smallest absolute Gasteiger partial charge is 0.103 e. The second-order valence-electron chi connectivity index (χ2n) is 2.52. The fourth-order valence-electron chi connectivity index (χ4n) is 0.981. The van der Waals surface area contributed by atoms with Crippen molar-refractivity contribution >= 4 is 5.57 Å². The van der Waals surface area contributed by atoms with Crippen LogP contribution in [0, 0.1) is 18.3 Å². The van der Waals surface area contributed by atoms with Gasteiger partial charge in [0, 0.05) is 0 Å². The van der Waals surface area contributed by atoms with Gasteiger partial charge in [0.05, 0.1) is 11.8 Å². The number of hydrogen-bond donors (Lipinski definition) is 1. The number of aryl methyl sites for hydroxylation is 1. The van der Waals surface area contributed by atoms with E-state index in [1.54, 1.807) is 6.07 Å². The van der Waals surface area contributed by atoms with Crippen molar-refractivity contribution in [2.75, 3.05) is 0 Å². The highest BCUT2D eigenvalue weighted by Gasteiger charge is 1.98. The van der Waals surface area contributed by atoms with E-state index in [1.807, 2.05) is 31.2 Å². The molecule has 0 radical (unpaired) electrons. The summed E-state index contributed by atoms with van der Waals surface area (Å²) >= 11 is 0. The fourth-order valence-corrected chi connectivity index (χ4v) is 0.981. The molecule has 0 heterocycles. The van der Waals surface area contributed by atoms with Crippen LogP contribution in [0.4, 0.5) is 0 Å². The normalized spacial score (nSPS) is 10.8. The zero-order valence-corrected chi connectivity index (χ0v) is 6.78. The van der Waals surface area contributed by atoms with Gasteiger partial charge in [-0.2, -0.15) is 5.26 Å². The quantitative estimate of drug-likeness (QED) is 0.505. The van der Waals surface area contributed by atoms with E-state index >= 15 is 0 Å². The molecule has 0 aliphatic rings. The largest absolute Gasteiger partial charge is 0.514 e. The summed E-state index contributed by atoms with van der Waals surface area (Å²) in [6.45, 7) is 1.94. The predicted molar refractivity (Wildman–Crippen MR) is 47.4 cm³/mol. The number of benzene rings is 1. The Bertz CT molecular complexity index is 347. The van der Waals surface area contributed by atoms with Crippen molar-refractivity contribution in [2.45, 2.75) is 6.92 Å². The molecule has 0 amide bonds. The van der Waals surface area contributed by atoms with Crippen LogP contribution < -0.4 is 0 Å². The van der Waals surface area contributed by atoms with Gasteiger partial charge in [-0.1, -0.05) is 29.8 Å². The standard InChI is InChI=1S/C10H9NO/c1-8-3-2-4-9(5-8)10(6-11)7-12/h2-5,7,12H,1H3/b10-7+. The van der Waals surface area contributed by atoms with E-state index in [0.29, 0.717) is 5.57 Å². The second kappa shape index (κ2) is 3.59. The van der Waals surface area contributed by atoms with Crippen molar-refractivity contribution in [3.63, 3.8) is 0 Å². The molecule has 0 aliphatic heterocycles. The Morgan fingerprint density at radius 1 is 1.58 bits per heavy atom. The van der Waals surface area contributed by atoms with E-state index in [4.69, 9.17) is 10.4 Å². The summed E-state index contributed by atoms with van der Waals surface area (Å²) in [4.78, 5) is 0. The Hall–Kier alpha value is -1.75. The number of hydrogen-bond acceptors (Lipinski definition) is 2. The van der Waals surface area contributed by atoms with Crippen molar-refractivity contribution in [2.24, 2.45) is 0 Å². The number of allylic oxidation sites excluding steroid dienone is 1. The number of aliphatic hydroxyl groups excluding tert-OH is 1. The maximum absolute atomic E-state index is 8.69. The van der Waals surface area contributed by atoms with E-state index in [0.717, 1.165) is 17.4 Å². The first-order chi connectivity index (χ1) is 5.77. The van der Waals surface area contributed by atoms with Gasteiger partial charge >= 0.3 is 0 Å². The first kappa shape index (κ1) is 8.35. The zero-order chi connectivity index (χ0) is 8.97. The van der Waals surface area contributed by atoms with E-state index < -0.39 is 0 Å². The van der Waals surface area contributed by atoms with Crippen molar-refractivity contribution < 1.29 is 5.11 Å². The first-order valence-electron chi connectivity index (χ1n) is 3.59. The van der Waals surface area contributed by atoms with Crippen molar-refractivity contribution in [3.05, 3.63) is 41.7 Å². The molecule has 0 aliphatic carbocycles. The average Bonchev–Trinajstić information content (AvgIpc) is 2.07. The third-order valence-corrected chi connectivity index (χ3v) is 1.58. The molecule has 0 aromatic heterocycles. The molecule has 0 bridgehead atoms. The van der Waals surface area contributed by atoms with Gasteiger partial charge in [0.25, 0.3) is 0 Å². The summed E-state index contributed by atoms with van der Waals surface area (Å²) in [6.07, 6.45) is 0.828. The third kappa shape index (κ3) is 1.64. The molecule has 0 saturated heterocycles. The Labute approximate surface area is 71.4 Å². The van der Waals surface area contributed by atoms with Crippen molar-refractivity contribution in [1.82, 2.24) is 0 Å². The molecule has 1 rings (SSSR count). The lowest BCUT2D eigenvalue weighted by molar-refractivity contribution is 0.476. The van der Waals surface area contributed by atoms with Crippen molar-refractivity contribution in [1.29, 1.82) is 5.26 Å². The third-order valence-electron chi connectivity index (χ3n) is 1.58. The summed E-state index contributed by atoms with van der Waals surface area (Å²) in [6, 6.07) is 9.34. The van der Waals surface area contributed by atoms with Crippen LogP contribution in [0.2, 0.25) is 0 Å². The second-order valence-corrected chi connectivity index (χ2v) is 2.52. The predicted octanol–water partition coefficient (Wildman–Crippen LogP) is 2.42. The molecule has 0 saturated carbocycles. The maximum Gasteiger partial charge on any atom is 0.103 e. The molecule has 0 unspecified atom stereocenters. The van der Waals surface area contributed by atoms with E-state index in [1.165, 1.54) is 0 Å². The summed E-state index contributed by atoms with van der Waals surface area (Å²) in [5.74, 6) is 0. The number of rotatable bonds is 1. The van der Waals surface area contributed by atoms with Gasteiger partial charge in [-0.25, -0.2) is 0 Å². The van der Waals surface area contributed by atoms with Crippen LogP contribution in [0.5, 0.6) is 0 Å². The molecule has 2 nitrogen and oxygen atoms in total. The van der Waals surface area contributed by atoms with E-state index in [-0.39, 0.29) is 0 Å². The lowest BCUT2D eigenvalue weighted by Gasteiger charge is -1.97. The molecule has 1 aromatic carbocycles. The van der Waals surface area contributed by atoms with Gasteiger partial charge in [-0.15, -0.1) is 0 Å². The molecule has 2 heteroatoms. The molecule has 1 aromatic rings. The highest BCUT2D eigenvalue weighted by Crippen LogP contribution is 2.13. The maximum atomic E-state index is 8.69. The number of nitriles is 1. The van der Waals surface area contributed by atoms with Crippen LogP contribution in [-0.2, 0) is 0 Å². The van der Waals surface area contributed by atoms with Gasteiger partial charge in [0.15, 0.2) is 0 Å². The Morgan fingerprint density at radius 2 is 2.33 bits per heavy atom. The van der Waals surface area contributed by atoms with Crippen LogP contribution in [0.25, 0.3) is 5.57 Å². The summed E-state index contributed by atoms with van der Waals surface area (Å²) < 4.78 is 0. The van der Waals surface area contributed by atoms with Crippen LogP contribution in [0.1, 0.15) is 11.1 Å². The number of nitrogens with zero attached hydrogens (tertiary/aromatic N) is 1. The average molecular weight is 159 g/mol. The number of aliphatic hydroxyl groups is 1. The van der Waals surface area contributed by atoms with Crippen LogP contribution in [0.3, 0.4) is 0 Å². The van der Waals surface area contributed by atoms with Gasteiger partial charge < -0.3 is 5.11 Å². The summed E-state index contributed by atoms with van der Waals surface area (Å²) in [5, 5.41) is 17.3. The van der Waals surface area contributed by atoms with Gasteiger partial charge in [-0.3, -0.25) is 0 Å². The molecule has 1 N–H and O–H groups in total. The minimum atomic E-state index is 0.290. The molecule has 0 spiro atoms. The first-order valence-corrected chi connectivity index (χ1v) is 3.59. The lowest BCUT2D eigenvalue weighted by atomic mass is 10.1. The Balaban J connectivity index is 3.13. The zero-order valence-electron chi connectivity index (χ0n) is 6.78. The van der Waals surface area contributed by atoms with E-state index in [2.05, 4.69) is 0 Å². The van der Waals surface area contributed by atoms with Gasteiger partial charge in [-0.05, 0) is 12.5 Å². The van der Waals surface area contributed by atoms with Crippen molar-refractivity contribution in [3.8, 4) is 6.07 Å². The fraction of sp³-hybridized carbons (Fsp3) is 0.100. The minimum Gasteiger partial charge on any atom is -0.514 e.